The second-order valence-electron chi connectivity index (χ2n) is 16.7. The van der Waals surface area contributed by atoms with Gasteiger partial charge >= 0.3 is 0 Å². The Hall–Kier alpha value is -7.34. The maximum Gasteiger partial charge on any atom is 0.160 e. The zero-order valence-electron chi connectivity index (χ0n) is 33.8. The van der Waals surface area contributed by atoms with Gasteiger partial charge in [0.05, 0.1) is 41.5 Å². The molecule has 0 fully saturated rings. The summed E-state index contributed by atoms with van der Waals surface area (Å²) in [5, 5.41) is 6.40. The lowest BCUT2D eigenvalue weighted by atomic mass is 10.0. The number of benzene rings is 8. The molecule has 0 unspecified atom stereocenters. The lowest BCUT2D eigenvalue weighted by Gasteiger charge is -2.17. The Morgan fingerprint density at radius 1 is 0.333 bits per heavy atom. The highest BCUT2D eigenvalue weighted by Crippen LogP contribution is 2.39. The van der Waals surface area contributed by atoms with E-state index in [0.29, 0.717) is 0 Å². The highest BCUT2D eigenvalue weighted by Gasteiger charge is 2.19. The van der Waals surface area contributed by atoms with Gasteiger partial charge in [0.25, 0.3) is 0 Å². The van der Waals surface area contributed by atoms with Gasteiger partial charge in [-0.2, -0.15) is 0 Å². The molecule has 0 aliphatic rings. The monoisotopic (exact) mass is 786 g/mol. The summed E-state index contributed by atoms with van der Waals surface area (Å²) in [5.74, 6) is 0.723. The summed E-state index contributed by atoms with van der Waals surface area (Å²) >= 11 is 0. The number of fused-ring (bicyclic) bond motifs is 6. The molecule has 0 atom stereocenters. The average Bonchev–Trinajstić information content (AvgIpc) is 3.81. The molecule has 286 valence electrons. The zero-order valence-corrected chi connectivity index (χ0v) is 34.8. The van der Waals surface area contributed by atoms with Crippen LogP contribution >= 0.6 is 0 Å². The van der Waals surface area contributed by atoms with Crippen molar-refractivity contribution in [2.45, 2.75) is 19.6 Å². The molecule has 3 heterocycles. The Kier molecular flexibility index (Phi) is 8.46. The van der Waals surface area contributed by atoms with Crippen molar-refractivity contribution in [3.8, 4) is 56.4 Å². The lowest BCUT2D eigenvalue weighted by molar-refractivity contribution is 1.17. The maximum absolute atomic E-state index is 5.13. The average molecular weight is 787 g/mol. The molecule has 4 nitrogen and oxygen atoms in total. The summed E-state index contributed by atoms with van der Waals surface area (Å²) in [6.07, 6.45) is 0. The molecule has 0 radical (unpaired) electrons. The molecule has 0 saturated carbocycles. The Labute approximate surface area is 350 Å². The van der Waals surface area contributed by atoms with Gasteiger partial charge in [-0.15, -0.1) is 0 Å². The van der Waals surface area contributed by atoms with Crippen LogP contribution in [-0.2, 0) is 0 Å². The van der Waals surface area contributed by atoms with E-state index in [2.05, 4.69) is 211 Å². The van der Waals surface area contributed by atoms with Crippen molar-refractivity contribution in [2.24, 2.45) is 0 Å². The summed E-state index contributed by atoms with van der Waals surface area (Å²) in [6, 6.07) is 72.2. The Morgan fingerprint density at radius 2 is 0.750 bits per heavy atom. The highest BCUT2D eigenvalue weighted by atomic mass is 28.3. The third kappa shape index (κ3) is 6.14. The largest absolute Gasteiger partial charge is 0.309 e. The first-order valence-corrected chi connectivity index (χ1v) is 24.2. The highest BCUT2D eigenvalue weighted by molar-refractivity contribution is 6.88. The van der Waals surface area contributed by atoms with Gasteiger partial charge in [-0.1, -0.05) is 158 Å². The predicted octanol–water partition coefficient (Wildman–Crippen LogP) is 13.9. The molecular weight excluding hydrogens is 745 g/mol. The predicted molar refractivity (Wildman–Crippen MR) is 255 cm³/mol. The van der Waals surface area contributed by atoms with Crippen molar-refractivity contribution in [1.29, 1.82) is 0 Å². The Balaban J connectivity index is 0.991. The van der Waals surface area contributed by atoms with E-state index >= 15 is 0 Å². The van der Waals surface area contributed by atoms with Crippen LogP contribution in [0, 0.1) is 0 Å². The Morgan fingerprint density at radius 3 is 1.27 bits per heavy atom. The zero-order chi connectivity index (χ0) is 40.4. The number of para-hydroxylation sites is 3. The SMILES string of the molecule is C[Si](C)(C)c1ccc(-c2cc(-c3ccc(-n4c5ccccc5c5cc(-c6ccc7c(c6)c6ccccc6n7-c6ccccc6)ccc54)cc3)nc(-c3ccccc3)n2)cc1. The molecule has 0 saturated heterocycles. The molecular formula is C55H42N4Si. The van der Waals surface area contributed by atoms with Crippen molar-refractivity contribution in [3.05, 3.63) is 200 Å². The lowest BCUT2D eigenvalue weighted by Crippen LogP contribution is -2.37. The van der Waals surface area contributed by atoms with Crippen LogP contribution in [0.15, 0.2) is 200 Å². The number of hydrogen-bond donors (Lipinski definition) is 0. The van der Waals surface area contributed by atoms with Crippen LogP contribution in [0.25, 0.3) is 100 Å². The van der Waals surface area contributed by atoms with Crippen molar-refractivity contribution in [1.82, 2.24) is 19.1 Å². The van der Waals surface area contributed by atoms with Gasteiger partial charge in [-0.05, 0) is 77.9 Å². The summed E-state index contributed by atoms with van der Waals surface area (Å²) in [4.78, 5) is 10.2. The summed E-state index contributed by atoms with van der Waals surface area (Å²) in [6.45, 7) is 7.14. The van der Waals surface area contributed by atoms with E-state index in [-0.39, 0.29) is 0 Å². The number of aromatic nitrogens is 4. The first kappa shape index (κ1) is 35.8. The fourth-order valence-electron chi connectivity index (χ4n) is 8.82. The fraction of sp³-hybridized carbons (Fsp3) is 0.0545. The summed E-state index contributed by atoms with van der Waals surface area (Å²) in [5.41, 5.74) is 14.4. The number of rotatable bonds is 7. The summed E-state index contributed by atoms with van der Waals surface area (Å²) in [7, 11) is -1.43. The minimum absolute atomic E-state index is 0.723. The van der Waals surface area contributed by atoms with E-state index in [0.717, 1.165) is 39.6 Å². The molecule has 3 aromatic heterocycles. The third-order valence-corrected chi connectivity index (χ3v) is 14.0. The third-order valence-electron chi connectivity index (χ3n) is 11.9. The van der Waals surface area contributed by atoms with E-state index in [4.69, 9.17) is 9.97 Å². The topological polar surface area (TPSA) is 35.6 Å². The molecule has 0 amide bonds. The van der Waals surface area contributed by atoms with Gasteiger partial charge in [0, 0.05) is 49.6 Å². The van der Waals surface area contributed by atoms with Crippen LogP contribution in [0.3, 0.4) is 0 Å². The maximum atomic E-state index is 5.13. The molecule has 0 N–H and O–H groups in total. The van der Waals surface area contributed by atoms with Crippen LogP contribution in [0.4, 0.5) is 0 Å². The standard InChI is InChI=1S/C55H42N4Si/c1-60(2,3)44-30-24-38(25-31-44)50-36-49(56-55(57-50)39-14-6-4-7-15-39)37-22-28-43(29-23-37)59-52-21-13-11-19-46(52)48-35-41(27-33-54(48)59)40-26-32-53-47(34-40)45-18-10-12-20-51(45)58(53)42-16-8-5-9-17-42/h4-36H,1-3H3. The molecule has 5 heteroatoms. The van der Waals surface area contributed by atoms with Gasteiger partial charge in [0.1, 0.15) is 0 Å². The second-order valence-corrected chi connectivity index (χ2v) is 21.8. The first-order valence-electron chi connectivity index (χ1n) is 20.7. The Bertz CT molecular complexity index is 3380. The number of nitrogens with zero attached hydrogens (tertiary/aromatic N) is 4. The molecule has 0 bridgehead atoms. The first-order chi connectivity index (χ1) is 29.4. The molecule has 11 rings (SSSR count). The smallest absolute Gasteiger partial charge is 0.160 e. The van der Waals surface area contributed by atoms with Gasteiger partial charge in [-0.3, -0.25) is 0 Å². The van der Waals surface area contributed by atoms with Crippen molar-refractivity contribution >= 4 is 56.9 Å². The van der Waals surface area contributed by atoms with E-state index in [1.54, 1.807) is 0 Å². The molecule has 60 heavy (non-hydrogen) atoms. The normalized spacial score (nSPS) is 11.9. The number of hydrogen-bond acceptors (Lipinski definition) is 2. The van der Waals surface area contributed by atoms with Gasteiger partial charge in [-0.25, -0.2) is 9.97 Å². The molecule has 8 aromatic carbocycles. The van der Waals surface area contributed by atoms with E-state index in [1.807, 2.05) is 18.2 Å². The minimum Gasteiger partial charge on any atom is -0.309 e. The van der Waals surface area contributed by atoms with Crippen molar-refractivity contribution in [3.63, 3.8) is 0 Å². The van der Waals surface area contributed by atoms with Crippen LogP contribution < -0.4 is 5.19 Å². The van der Waals surface area contributed by atoms with Crippen LogP contribution in [-0.4, -0.2) is 27.2 Å². The van der Waals surface area contributed by atoms with Crippen LogP contribution in [0.5, 0.6) is 0 Å². The summed E-state index contributed by atoms with van der Waals surface area (Å²) < 4.78 is 4.75. The quantitative estimate of drug-likeness (QED) is 0.151. The van der Waals surface area contributed by atoms with Crippen LogP contribution in [0.1, 0.15) is 0 Å². The minimum atomic E-state index is -1.43. The van der Waals surface area contributed by atoms with Crippen molar-refractivity contribution < 1.29 is 0 Å². The van der Waals surface area contributed by atoms with Crippen molar-refractivity contribution in [2.75, 3.05) is 0 Å². The molecule has 0 aliphatic heterocycles. The van der Waals surface area contributed by atoms with Gasteiger partial charge in [0.2, 0.25) is 0 Å². The van der Waals surface area contributed by atoms with Crippen LogP contribution in [0.2, 0.25) is 19.6 Å². The molecule has 0 spiro atoms. The van der Waals surface area contributed by atoms with E-state index in [9.17, 15) is 0 Å². The fourth-order valence-corrected chi connectivity index (χ4v) is 9.99. The van der Waals surface area contributed by atoms with Gasteiger partial charge in [0.15, 0.2) is 5.82 Å². The second kappa shape index (κ2) is 14.2. The van der Waals surface area contributed by atoms with E-state index < -0.39 is 8.07 Å². The molecule has 0 aliphatic carbocycles. The van der Waals surface area contributed by atoms with E-state index in [1.165, 1.54) is 65.6 Å². The van der Waals surface area contributed by atoms with Gasteiger partial charge < -0.3 is 9.13 Å². The molecule has 11 aromatic rings.